The van der Waals surface area contributed by atoms with Crippen LogP contribution in [0.2, 0.25) is 0 Å². The molecule has 13 heteroatoms. The molecule has 6 atom stereocenters. The highest BCUT2D eigenvalue weighted by atomic mass is 16.7. The molecule has 0 amide bonds. The minimum Gasteiger partial charge on any atom is -0.508 e. The quantitative estimate of drug-likeness (QED) is 0.0951. The van der Waals surface area contributed by atoms with E-state index in [9.17, 15) is 34.8 Å². The normalized spacial score (nSPS) is 22.7. The fourth-order valence-corrected chi connectivity index (χ4v) is 5.91. The largest absolute Gasteiger partial charge is 0.508 e. The summed E-state index contributed by atoms with van der Waals surface area (Å²) in [4.78, 5) is 36.4. The van der Waals surface area contributed by atoms with Crippen LogP contribution in [0.4, 0.5) is 0 Å². The van der Waals surface area contributed by atoms with Gasteiger partial charge in [-0.3, -0.25) is 14.4 Å². The maximum atomic E-state index is 13.3. The highest BCUT2D eigenvalue weighted by Crippen LogP contribution is 2.38. The Balaban J connectivity index is 1.48. The molecule has 0 spiro atoms. The molecular formula is C37H40O13. The number of fused-ring (bicyclic) bond motifs is 1. The molecule has 2 heterocycles. The SMILES string of the molecule is CC(C)C[C@H](O)[C@]1(O)[C@H](OCCc2ccccc2)[C@@H](Oc2ccc3c(=O)c(-c4ccc(O)cc4)coc3c2)O[C@@H](COC(=O)CC(=O)O)[C@@H]1O. The summed E-state index contributed by atoms with van der Waals surface area (Å²) in [7, 11) is 0. The number of aliphatic hydroxyl groups is 3. The van der Waals surface area contributed by atoms with E-state index in [-0.39, 0.29) is 52.4 Å². The molecule has 266 valence electrons. The lowest BCUT2D eigenvalue weighted by atomic mass is 9.77. The van der Waals surface area contributed by atoms with E-state index in [2.05, 4.69) is 0 Å². The average molecular weight is 693 g/mol. The Morgan fingerprint density at radius 1 is 1.02 bits per heavy atom. The van der Waals surface area contributed by atoms with Crippen LogP contribution in [0.1, 0.15) is 32.3 Å². The summed E-state index contributed by atoms with van der Waals surface area (Å²) in [6.45, 7) is 2.98. The van der Waals surface area contributed by atoms with Gasteiger partial charge in [0.25, 0.3) is 0 Å². The molecule has 1 fully saturated rings. The molecule has 4 aromatic rings. The maximum Gasteiger partial charge on any atom is 0.317 e. The van der Waals surface area contributed by atoms with Crippen LogP contribution in [0.15, 0.2) is 88.3 Å². The summed E-state index contributed by atoms with van der Waals surface area (Å²) in [6.07, 6.45) is -7.17. The second-order valence-corrected chi connectivity index (χ2v) is 12.6. The molecule has 1 aliphatic heterocycles. The second-order valence-electron chi connectivity index (χ2n) is 12.6. The van der Waals surface area contributed by atoms with Crippen molar-refractivity contribution in [2.45, 2.75) is 69.4 Å². The van der Waals surface area contributed by atoms with E-state index in [4.69, 9.17) is 28.5 Å². The third-order valence-electron chi connectivity index (χ3n) is 8.48. The number of ether oxygens (including phenoxy) is 4. The molecule has 0 aliphatic carbocycles. The fraction of sp³-hybridized carbons (Fsp3) is 0.378. The number of hydrogen-bond acceptors (Lipinski definition) is 12. The number of hydrogen-bond donors (Lipinski definition) is 5. The number of rotatable bonds is 14. The summed E-state index contributed by atoms with van der Waals surface area (Å²) >= 11 is 0. The zero-order chi connectivity index (χ0) is 36.0. The molecule has 5 N–H and O–H groups in total. The number of esters is 1. The van der Waals surface area contributed by atoms with Crippen LogP contribution in [-0.2, 0) is 30.2 Å². The summed E-state index contributed by atoms with van der Waals surface area (Å²) in [5.74, 6) is -2.50. The third-order valence-corrected chi connectivity index (χ3v) is 8.48. The highest BCUT2D eigenvalue weighted by Gasteiger charge is 2.61. The number of carboxylic acids is 1. The maximum absolute atomic E-state index is 13.3. The minimum atomic E-state index is -2.42. The smallest absolute Gasteiger partial charge is 0.317 e. The topological polar surface area (TPSA) is 202 Å². The van der Waals surface area contributed by atoms with Gasteiger partial charge in [0.1, 0.15) is 48.6 Å². The highest BCUT2D eigenvalue weighted by molar-refractivity contribution is 5.90. The van der Waals surface area contributed by atoms with Crippen molar-refractivity contribution in [1.29, 1.82) is 0 Å². The van der Waals surface area contributed by atoms with Crippen LogP contribution >= 0.6 is 0 Å². The van der Waals surface area contributed by atoms with Crippen LogP contribution in [0.3, 0.4) is 0 Å². The fourth-order valence-electron chi connectivity index (χ4n) is 5.91. The Bertz CT molecular complexity index is 1820. The molecule has 1 aliphatic rings. The van der Waals surface area contributed by atoms with Gasteiger partial charge in [0.2, 0.25) is 6.29 Å². The lowest BCUT2D eigenvalue weighted by Crippen LogP contribution is -2.73. The predicted molar refractivity (Wildman–Crippen MR) is 178 cm³/mol. The minimum absolute atomic E-state index is 0.0201. The van der Waals surface area contributed by atoms with E-state index in [0.717, 1.165) is 5.56 Å². The van der Waals surface area contributed by atoms with Gasteiger partial charge in [-0.15, -0.1) is 0 Å². The number of aliphatic carboxylic acids is 1. The first-order chi connectivity index (χ1) is 23.9. The van der Waals surface area contributed by atoms with Crippen LogP contribution in [0.25, 0.3) is 22.1 Å². The van der Waals surface area contributed by atoms with Gasteiger partial charge in [-0.1, -0.05) is 56.3 Å². The van der Waals surface area contributed by atoms with Crippen molar-refractivity contribution in [3.8, 4) is 22.6 Å². The van der Waals surface area contributed by atoms with Gasteiger partial charge in [-0.25, -0.2) is 0 Å². The molecule has 0 bridgehead atoms. The van der Waals surface area contributed by atoms with E-state index < -0.39 is 61.3 Å². The van der Waals surface area contributed by atoms with Crippen molar-refractivity contribution in [2.75, 3.05) is 13.2 Å². The van der Waals surface area contributed by atoms with Crippen LogP contribution in [0.5, 0.6) is 11.5 Å². The number of carbonyl (C=O) groups excluding carboxylic acids is 1. The van der Waals surface area contributed by atoms with Gasteiger partial charge in [0, 0.05) is 6.07 Å². The lowest BCUT2D eigenvalue weighted by Gasteiger charge is -2.51. The second kappa shape index (κ2) is 15.8. The van der Waals surface area contributed by atoms with E-state index in [1.807, 2.05) is 44.2 Å². The van der Waals surface area contributed by atoms with Crippen molar-refractivity contribution in [2.24, 2.45) is 5.92 Å². The van der Waals surface area contributed by atoms with Gasteiger partial charge < -0.3 is 48.9 Å². The molecule has 50 heavy (non-hydrogen) atoms. The van der Waals surface area contributed by atoms with E-state index in [1.54, 1.807) is 12.1 Å². The van der Waals surface area contributed by atoms with Crippen molar-refractivity contribution in [3.63, 3.8) is 0 Å². The first-order valence-electron chi connectivity index (χ1n) is 16.1. The monoisotopic (exact) mass is 692 g/mol. The van der Waals surface area contributed by atoms with Gasteiger partial charge in [-0.2, -0.15) is 0 Å². The first kappa shape index (κ1) is 36.5. The Morgan fingerprint density at radius 2 is 1.74 bits per heavy atom. The molecule has 0 radical (unpaired) electrons. The number of carboxylic acid groups (broad SMARTS) is 1. The van der Waals surface area contributed by atoms with Crippen molar-refractivity contribution >= 4 is 22.9 Å². The number of phenols is 1. The number of aromatic hydroxyl groups is 1. The first-order valence-corrected chi connectivity index (χ1v) is 16.1. The van der Waals surface area contributed by atoms with Gasteiger partial charge in [-0.05, 0) is 54.2 Å². The molecule has 1 aromatic heterocycles. The third kappa shape index (κ3) is 8.32. The number of phenolic OH excluding ortho intramolecular Hbond substituents is 1. The van der Waals surface area contributed by atoms with Gasteiger partial charge in [0.15, 0.2) is 17.1 Å². The standard InChI is InChI=1S/C37H40O13/c1-21(2)16-30(39)37(45)34(44)29(20-48-32(42)18-31(40)41)50-36(35(37)46-15-14-22-6-4-3-5-7-22)49-25-12-13-26-28(17-25)47-19-27(33(26)43)23-8-10-24(38)11-9-23/h3-13,17,19,21,29-30,34-36,38-39,44-45H,14-16,18,20H2,1-2H3,(H,40,41)/t29-,30-,34-,35+,36-,37+/m0/s1. The molecular weight excluding hydrogens is 652 g/mol. The Kier molecular flexibility index (Phi) is 11.6. The summed E-state index contributed by atoms with van der Waals surface area (Å²) in [5.41, 5.74) is -0.868. The van der Waals surface area contributed by atoms with Crippen LogP contribution in [-0.4, -0.2) is 87.0 Å². The molecule has 5 rings (SSSR count). The van der Waals surface area contributed by atoms with Gasteiger partial charge >= 0.3 is 11.9 Å². The van der Waals surface area contributed by atoms with Gasteiger partial charge in [0.05, 0.1) is 23.7 Å². The van der Waals surface area contributed by atoms with E-state index >= 15 is 0 Å². The van der Waals surface area contributed by atoms with Crippen molar-refractivity contribution < 1.29 is 58.5 Å². The van der Waals surface area contributed by atoms with Crippen LogP contribution in [0, 0.1) is 5.92 Å². The average Bonchev–Trinajstić information content (AvgIpc) is 3.07. The summed E-state index contributed by atoms with van der Waals surface area (Å²) in [5, 5.41) is 53.9. The van der Waals surface area contributed by atoms with Crippen LogP contribution < -0.4 is 10.2 Å². The summed E-state index contributed by atoms with van der Waals surface area (Å²) < 4.78 is 29.2. The van der Waals surface area contributed by atoms with Crippen molar-refractivity contribution in [1.82, 2.24) is 0 Å². The van der Waals surface area contributed by atoms with Crippen molar-refractivity contribution in [3.05, 3.63) is 94.8 Å². The zero-order valence-electron chi connectivity index (χ0n) is 27.5. The summed E-state index contributed by atoms with van der Waals surface area (Å²) in [6, 6.07) is 19.8. The molecule has 13 nitrogen and oxygen atoms in total. The predicted octanol–water partition coefficient (Wildman–Crippen LogP) is 3.41. The number of carbonyl (C=O) groups is 2. The molecule has 0 saturated carbocycles. The Labute approximate surface area is 287 Å². The molecule has 0 unspecified atom stereocenters. The Hall–Kier alpha value is -4.79. The molecule has 1 saturated heterocycles. The Morgan fingerprint density at radius 3 is 2.42 bits per heavy atom. The number of benzene rings is 3. The lowest BCUT2D eigenvalue weighted by molar-refractivity contribution is -0.342. The number of aliphatic hydroxyl groups excluding tert-OH is 2. The zero-order valence-corrected chi connectivity index (χ0v) is 27.5. The van der Waals surface area contributed by atoms with E-state index in [0.29, 0.717) is 12.0 Å². The molecule has 3 aromatic carbocycles. The van der Waals surface area contributed by atoms with E-state index in [1.165, 1.54) is 36.6 Å².